The lowest BCUT2D eigenvalue weighted by atomic mass is 9.73. The maximum atomic E-state index is 10.1. The average molecular weight is 318 g/mol. The maximum Gasteiger partial charge on any atom is 0.186 e. The molecule has 1 unspecified atom stereocenters. The lowest BCUT2D eigenvalue weighted by Gasteiger charge is -2.33. The van der Waals surface area contributed by atoms with Crippen LogP contribution in [0.1, 0.15) is 60.3 Å². The Hall–Kier alpha value is -0.200. The SMILES string of the molecule is CC(C)(C)CC(C)(C)CC[C@@H](O)CCO[C@H]1OC[C@@H](O)C1O. The third-order valence-electron chi connectivity index (χ3n) is 4.00. The Morgan fingerprint density at radius 3 is 2.27 bits per heavy atom. The van der Waals surface area contributed by atoms with Crippen LogP contribution < -0.4 is 0 Å². The summed E-state index contributed by atoms with van der Waals surface area (Å²) in [5.41, 5.74) is 0.489. The molecule has 1 aliphatic heterocycles. The van der Waals surface area contributed by atoms with Gasteiger partial charge in [-0.15, -0.1) is 0 Å². The molecule has 132 valence electrons. The minimum atomic E-state index is -0.997. The van der Waals surface area contributed by atoms with Gasteiger partial charge in [0, 0.05) is 0 Å². The molecule has 0 aromatic rings. The standard InChI is InChI=1S/C17H34O5/c1-16(2,3)11-17(4,5)8-6-12(18)7-9-21-15-14(20)13(19)10-22-15/h12-15,18-20H,6-11H2,1-5H3/t12-,13-,14?,15+/m1/s1. The number of rotatable bonds is 8. The van der Waals surface area contributed by atoms with Gasteiger partial charge < -0.3 is 24.8 Å². The van der Waals surface area contributed by atoms with Gasteiger partial charge in [-0.05, 0) is 36.5 Å². The highest BCUT2D eigenvalue weighted by atomic mass is 16.7. The van der Waals surface area contributed by atoms with E-state index in [-0.39, 0.29) is 17.4 Å². The molecule has 0 bridgehead atoms. The summed E-state index contributed by atoms with van der Waals surface area (Å²) in [6.45, 7) is 11.6. The smallest absolute Gasteiger partial charge is 0.186 e. The molecule has 3 N–H and O–H groups in total. The summed E-state index contributed by atoms with van der Waals surface area (Å²) in [6, 6.07) is 0. The Morgan fingerprint density at radius 2 is 1.77 bits per heavy atom. The van der Waals surface area contributed by atoms with Gasteiger partial charge in [-0.25, -0.2) is 0 Å². The van der Waals surface area contributed by atoms with Crippen molar-refractivity contribution < 1.29 is 24.8 Å². The zero-order valence-electron chi connectivity index (χ0n) is 14.7. The quantitative estimate of drug-likeness (QED) is 0.638. The molecule has 1 fully saturated rings. The number of aliphatic hydroxyl groups excluding tert-OH is 3. The van der Waals surface area contributed by atoms with E-state index < -0.39 is 24.6 Å². The number of ether oxygens (including phenoxy) is 2. The summed E-state index contributed by atoms with van der Waals surface area (Å²) in [5.74, 6) is 0. The summed E-state index contributed by atoms with van der Waals surface area (Å²) in [7, 11) is 0. The molecular formula is C17H34O5. The Balaban J connectivity index is 2.19. The molecule has 1 aliphatic rings. The predicted molar refractivity (Wildman–Crippen MR) is 85.4 cm³/mol. The molecule has 0 aliphatic carbocycles. The van der Waals surface area contributed by atoms with Crippen LogP contribution in [0.5, 0.6) is 0 Å². The zero-order chi connectivity index (χ0) is 17.0. The normalized spacial score (nSPS) is 28.1. The first-order valence-corrected chi connectivity index (χ1v) is 8.28. The maximum absolute atomic E-state index is 10.1. The molecule has 0 spiro atoms. The first-order chi connectivity index (χ1) is 10.0. The fraction of sp³-hybridized carbons (Fsp3) is 1.00. The van der Waals surface area contributed by atoms with Gasteiger partial charge in [-0.1, -0.05) is 34.6 Å². The zero-order valence-corrected chi connectivity index (χ0v) is 14.7. The van der Waals surface area contributed by atoms with Crippen molar-refractivity contribution in [3.05, 3.63) is 0 Å². The van der Waals surface area contributed by atoms with Crippen LogP contribution in [0.3, 0.4) is 0 Å². The third kappa shape index (κ3) is 7.38. The summed E-state index contributed by atoms with van der Waals surface area (Å²) in [5, 5.41) is 29.0. The molecule has 0 amide bonds. The molecule has 1 saturated heterocycles. The van der Waals surface area contributed by atoms with E-state index in [0.29, 0.717) is 13.0 Å². The molecule has 1 heterocycles. The Bertz CT molecular complexity index is 324. The van der Waals surface area contributed by atoms with Gasteiger partial charge in [0.05, 0.1) is 19.3 Å². The second-order valence-corrected chi connectivity index (χ2v) is 8.51. The van der Waals surface area contributed by atoms with Crippen molar-refractivity contribution >= 4 is 0 Å². The van der Waals surface area contributed by atoms with E-state index in [1.165, 1.54) is 0 Å². The molecular weight excluding hydrogens is 284 g/mol. The molecule has 0 aromatic heterocycles. The second-order valence-electron chi connectivity index (χ2n) is 8.51. The Kier molecular flexibility index (Phi) is 7.27. The van der Waals surface area contributed by atoms with Crippen LogP contribution in [0.4, 0.5) is 0 Å². The fourth-order valence-corrected chi connectivity index (χ4v) is 3.26. The van der Waals surface area contributed by atoms with Gasteiger partial charge in [0.15, 0.2) is 6.29 Å². The van der Waals surface area contributed by atoms with Gasteiger partial charge in [-0.3, -0.25) is 0 Å². The van der Waals surface area contributed by atoms with Crippen molar-refractivity contribution in [2.75, 3.05) is 13.2 Å². The lowest BCUT2D eigenvalue weighted by Crippen LogP contribution is -2.32. The highest BCUT2D eigenvalue weighted by molar-refractivity contribution is 4.78. The predicted octanol–water partition coefficient (Wildman–Crippen LogP) is 2.07. The molecule has 0 aromatic carbocycles. The molecule has 0 saturated carbocycles. The van der Waals surface area contributed by atoms with Gasteiger partial charge >= 0.3 is 0 Å². The third-order valence-corrected chi connectivity index (χ3v) is 4.00. The molecule has 1 rings (SSSR count). The molecule has 0 radical (unpaired) electrons. The molecule has 4 atom stereocenters. The van der Waals surface area contributed by atoms with Crippen molar-refractivity contribution in [2.24, 2.45) is 10.8 Å². The number of aliphatic hydroxyl groups is 3. The van der Waals surface area contributed by atoms with E-state index in [1.807, 2.05) is 0 Å². The van der Waals surface area contributed by atoms with Gasteiger partial charge in [0.25, 0.3) is 0 Å². The van der Waals surface area contributed by atoms with Gasteiger partial charge in [-0.2, -0.15) is 0 Å². The molecule has 5 nitrogen and oxygen atoms in total. The van der Waals surface area contributed by atoms with Crippen molar-refractivity contribution in [3.8, 4) is 0 Å². The van der Waals surface area contributed by atoms with Crippen molar-refractivity contribution in [3.63, 3.8) is 0 Å². The van der Waals surface area contributed by atoms with Crippen LogP contribution in [-0.4, -0.2) is 53.1 Å². The van der Waals surface area contributed by atoms with E-state index in [9.17, 15) is 15.3 Å². The van der Waals surface area contributed by atoms with E-state index >= 15 is 0 Å². The summed E-state index contributed by atoms with van der Waals surface area (Å²) < 4.78 is 10.5. The minimum absolute atomic E-state index is 0.0926. The Morgan fingerprint density at radius 1 is 1.14 bits per heavy atom. The number of hydrogen-bond donors (Lipinski definition) is 3. The van der Waals surface area contributed by atoms with Crippen LogP contribution in [0.25, 0.3) is 0 Å². The highest BCUT2D eigenvalue weighted by Crippen LogP contribution is 2.37. The van der Waals surface area contributed by atoms with E-state index in [0.717, 1.165) is 19.3 Å². The van der Waals surface area contributed by atoms with Crippen LogP contribution in [0.2, 0.25) is 0 Å². The van der Waals surface area contributed by atoms with Crippen molar-refractivity contribution in [2.45, 2.75) is 84.9 Å². The van der Waals surface area contributed by atoms with Crippen LogP contribution in [0.15, 0.2) is 0 Å². The van der Waals surface area contributed by atoms with Gasteiger partial charge in [0.2, 0.25) is 0 Å². The Labute approximate surface area is 134 Å². The monoisotopic (exact) mass is 318 g/mol. The van der Waals surface area contributed by atoms with Crippen molar-refractivity contribution in [1.29, 1.82) is 0 Å². The molecule has 22 heavy (non-hydrogen) atoms. The fourth-order valence-electron chi connectivity index (χ4n) is 3.26. The highest BCUT2D eigenvalue weighted by Gasteiger charge is 2.35. The summed E-state index contributed by atoms with van der Waals surface area (Å²) in [6.07, 6.45) is 0.256. The first kappa shape index (κ1) is 19.8. The van der Waals surface area contributed by atoms with Crippen molar-refractivity contribution in [1.82, 2.24) is 0 Å². The summed E-state index contributed by atoms with van der Waals surface area (Å²) >= 11 is 0. The molecule has 5 heteroatoms. The topological polar surface area (TPSA) is 79.2 Å². The van der Waals surface area contributed by atoms with Crippen LogP contribution in [0, 0.1) is 10.8 Å². The van der Waals surface area contributed by atoms with Crippen LogP contribution >= 0.6 is 0 Å². The van der Waals surface area contributed by atoms with E-state index in [2.05, 4.69) is 34.6 Å². The summed E-state index contributed by atoms with van der Waals surface area (Å²) in [4.78, 5) is 0. The first-order valence-electron chi connectivity index (χ1n) is 8.28. The average Bonchev–Trinajstić information content (AvgIpc) is 2.66. The second kappa shape index (κ2) is 8.06. The number of hydrogen-bond acceptors (Lipinski definition) is 5. The largest absolute Gasteiger partial charge is 0.393 e. The van der Waals surface area contributed by atoms with Crippen LogP contribution in [-0.2, 0) is 9.47 Å². The minimum Gasteiger partial charge on any atom is -0.393 e. The van der Waals surface area contributed by atoms with E-state index in [4.69, 9.17) is 9.47 Å². The van der Waals surface area contributed by atoms with E-state index in [1.54, 1.807) is 0 Å². The lowest BCUT2D eigenvalue weighted by molar-refractivity contribution is -0.156. The van der Waals surface area contributed by atoms with Gasteiger partial charge in [0.1, 0.15) is 12.2 Å².